The summed E-state index contributed by atoms with van der Waals surface area (Å²) in [6.45, 7) is 4.47. The standard InChI is InChI=1S/C17H26O/c1-14(2)10-11-16(18)17(12-6-7-13-17)15-8-4-3-5-9-15/h3-5,8-9,14,16,18H,6-7,10-13H2,1-2H3. The van der Waals surface area contributed by atoms with Gasteiger partial charge in [0.15, 0.2) is 0 Å². The SMILES string of the molecule is CC(C)CCC(O)C1(c2ccccc2)CCCC1. The molecule has 2 rings (SSSR count). The Morgan fingerprint density at radius 1 is 1.06 bits per heavy atom. The minimum absolute atomic E-state index is 0.0378. The third-order valence-corrected chi connectivity index (χ3v) is 4.50. The van der Waals surface area contributed by atoms with E-state index in [1.807, 2.05) is 0 Å². The van der Waals surface area contributed by atoms with Gasteiger partial charge in [-0.1, -0.05) is 57.0 Å². The van der Waals surface area contributed by atoms with E-state index in [2.05, 4.69) is 44.2 Å². The molecule has 1 aliphatic carbocycles. The normalized spacial score (nSPS) is 20.2. The van der Waals surface area contributed by atoms with Crippen molar-refractivity contribution in [2.45, 2.75) is 63.9 Å². The van der Waals surface area contributed by atoms with E-state index < -0.39 is 0 Å². The van der Waals surface area contributed by atoms with Gasteiger partial charge in [-0.3, -0.25) is 0 Å². The molecule has 18 heavy (non-hydrogen) atoms. The Kier molecular flexibility index (Phi) is 4.45. The summed E-state index contributed by atoms with van der Waals surface area (Å²) in [4.78, 5) is 0. The predicted octanol–water partition coefficient (Wildman–Crippen LogP) is 4.30. The lowest BCUT2D eigenvalue weighted by atomic mass is 9.72. The highest BCUT2D eigenvalue weighted by atomic mass is 16.3. The number of hydrogen-bond donors (Lipinski definition) is 1. The molecule has 0 amide bonds. The Hall–Kier alpha value is -0.820. The molecular formula is C17H26O. The largest absolute Gasteiger partial charge is 0.392 e. The van der Waals surface area contributed by atoms with Crippen LogP contribution in [0, 0.1) is 5.92 Å². The maximum Gasteiger partial charge on any atom is 0.0636 e. The molecule has 1 aliphatic rings. The fourth-order valence-electron chi connectivity index (χ4n) is 3.36. The van der Waals surface area contributed by atoms with Crippen LogP contribution in [0.5, 0.6) is 0 Å². The van der Waals surface area contributed by atoms with Crippen molar-refractivity contribution in [3.05, 3.63) is 35.9 Å². The van der Waals surface area contributed by atoms with Crippen molar-refractivity contribution in [1.29, 1.82) is 0 Å². The lowest BCUT2D eigenvalue weighted by Crippen LogP contribution is -2.37. The molecule has 0 bridgehead atoms. The molecule has 1 atom stereocenters. The lowest BCUT2D eigenvalue weighted by molar-refractivity contribution is 0.0693. The zero-order chi connectivity index (χ0) is 13.0. The van der Waals surface area contributed by atoms with Gasteiger partial charge in [-0.25, -0.2) is 0 Å². The molecule has 1 heteroatoms. The number of benzene rings is 1. The summed E-state index contributed by atoms with van der Waals surface area (Å²) in [6.07, 6.45) is 6.70. The summed E-state index contributed by atoms with van der Waals surface area (Å²) >= 11 is 0. The topological polar surface area (TPSA) is 20.2 Å². The van der Waals surface area contributed by atoms with E-state index >= 15 is 0 Å². The zero-order valence-electron chi connectivity index (χ0n) is 11.7. The van der Waals surface area contributed by atoms with E-state index in [1.54, 1.807) is 0 Å². The minimum Gasteiger partial charge on any atom is -0.392 e. The van der Waals surface area contributed by atoms with Crippen molar-refractivity contribution < 1.29 is 5.11 Å². The third-order valence-electron chi connectivity index (χ3n) is 4.50. The number of aliphatic hydroxyl groups excluding tert-OH is 1. The van der Waals surface area contributed by atoms with Gasteiger partial charge < -0.3 is 5.11 Å². The van der Waals surface area contributed by atoms with Crippen LogP contribution >= 0.6 is 0 Å². The fourth-order valence-corrected chi connectivity index (χ4v) is 3.36. The fraction of sp³-hybridized carbons (Fsp3) is 0.647. The highest BCUT2D eigenvalue weighted by Gasteiger charge is 2.41. The summed E-state index contributed by atoms with van der Waals surface area (Å²) in [6, 6.07) is 10.7. The summed E-state index contributed by atoms with van der Waals surface area (Å²) in [5, 5.41) is 10.7. The Morgan fingerprint density at radius 3 is 2.22 bits per heavy atom. The number of rotatable bonds is 5. The Morgan fingerprint density at radius 2 is 1.67 bits per heavy atom. The van der Waals surface area contributed by atoms with Crippen molar-refractivity contribution in [3.63, 3.8) is 0 Å². The van der Waals surface area contributed by atoms with E-state index in [4.69, 9.17) is 0 Å². The monoisotopic (exact) mass is 246 g/mol. The first-order chi connectivity index (χ1) is 8.65. The first-order valence-electron chi connectivity index (χ1n) is 7.39. The van der Waals surface area contributed by atoms with Crippen molar-refractivity contribution in [2.75, 3.05) is 0 Å². The lowest BCUT2D eigenvalue weighted by Gasteiger charge is -2.35. The quantitative estimate of drug-likeness (QED) is 0.821. The van der Waals surface area contributed by atoms with Crippen molar-refractivity contribution in [3.8, 4) is 0 Å². The van der Waals surface area contributed by atoms with Crippen LogP contribution in [0.4, 0.5) is 0 Å². The second-order valence-corrected chi connectivity index (χ2v) is 6.22. The van der Waals surface area contributed by atoms with E-state index in [0.29, 0.717) is 5.92 Å². The molecule has 1 N–H and O–H groups in total. The van der Waals surface area contributed by atoms with Crippen LogP contribution < -0.4 is 0 Å². The van der Waals surface area contributed by atoms with Gasteiger partial charge in [0.25, 0.3) is 0 Å². The summed E-state index contributed by atoms with van der Waals surface area (Å²) in [5.41, 5.74) is 1.38. The van der Waals surface area contributed by atoms with Crippen LogP contribution in [-0.4, -0.2) is 11.2 Å². The zero-order valence-corrected chi connectivity index (χ0v) is 11.7. The van der Waals surface area contributed by atoms with Crippen LogP contribution in [0.3, 0.4) is 0 Å². The van der Waals surface area contributed by atoms with Crippen molar-refractivity contribution in [1.82, 2.24) is 0 Å². The number of hydrogen-bond acceptors (Lipinski definition) is 1. The highest BCUT2D eigenvalue weighted by Crippen LogP contribution is 2.45. The first-order valence-corrected chi connectivity index (χ1v) is 7.39. The van der Waals surface area contributed by atoms with Crippen LogP contribution in [-0.2, 0) is 5.41 Å². The molecule has 0 aliphatic heterocycles. The smallest absolute Gasteiger partial charge is 0.0636 e. The van der Waals surface area contributed by atoms with Crippen LogP contribution in [0.1, 0.15) is 57.9 Å². The van der Waals surface area contributed by atoms with E-state index in [-0.39, 0.29) is 11.5 Å². The van der Waals surface area contributed by atoms with Gasteiger partial charge in [0.05, 0.1) is 6.10 Å². The summed E-state index contributed by atoms with van der Waals surface area (Å²) < 4.78 is 0. The van der Waals surface area contributed by atoms with E-state index in [1.165, 1.54) is 18.4 Å². The maximum absolute atomic E-state index is 10.7. The Labute approximate surface area is 111 Å². The first kappa shape index (κ1) is 13.6. The molecule has 0 spiro atoms. The molecule has 1 fully saturated rings. The second-order valence-electron chi connectivity index (χ2n) is 6.22. The summed E-state index contributed by atoms with van der Waals surface area (Å²) in [5.74, 6) is 0.675. The molecule has 1 saturated carbocycles. The van der Waals surface area contributed by atoms with Gasteiger partial charge in [0, 0.05) is 5.41 Å². The van der Waals surface area contributed by atoms with Crippen LogP contribution in [0.25, 0.3) is 0 Å². The van der Waals surface area contributed by atoms with E-state index in [9.17, 15) is 5.11 Å². The van der Waals surface area contributed by atoms with Gasteiger partial charge in [0.1, 0.15) is 0 Å². The molecule has 0 radical (unpaired) electrons. The second kappa shape index (κ2) is 5.88. The Bertz CT molecular complexity index is 349. The van der Waals surface area contributed by atoms with Crippen molar-refractivity contribution in [2.24, 2.45) is 5.92 Å². The molecule has 1 aromatic rings. The molecule has 100 valence electrons. The van der Waals surface area contributed by atoms with Gasteiger partial charge in [-0.05, 0) is 37.2 Å². The predicted molar refractivity (Wildman–Crippen MR) is 76.7 cm³/mol. The number of aliphatic hydroxyl groups is 1. The van der Waals surface area contributed by atoms with Gasteiger partial charge >= 0.3 is 0 Å². The Balaban J connectivity index is 2.17. The molecule has 0 aromatic heterocycles. The van der Waals surface area contributed by atoms with E-state index in [0.717, 1.165) is 25.7 Å². The van der Waals surface area contributed by atoms with Gasteiger partial charge in [-0.15, -0.1) is 0 Å². The average molecular weight is 246 g/mol. The molecule has 1 nitrogen and oxygen atoms in total. The molecular weight excluding hydrogens is 220 g/mol. The van der Waals surface area contributed by atoms with Crippen molar-refractivity contribution >= 4 is 0 Å². The minimum atomic E-state index is -0.176. The molecule has 0 saturated heterocycles. The van der Waals surface area contributed by atoms with Crippen LogP contribution in [0.2, 0.25) is 0 Å². The van der Waals surface area contributed by atoms with Gasteiger partial charge in [0.2, 0.25) is 0 Å². The molecule has 0 heterocycles. The summed E-state index contributed by atoms with van der Waals surface area (Å²) in [7, 11) is 0. The average Bonchev–Trinajstić information content (AvgIpc) is 2.87. The van der Waals surface area contributed by atoms with Gasteiger partial charge in [-0.2, -0.15) is 0 Å². The highest BCUT2D eigenvalue weighted by molar-refractivity contribution is 5.28. The molecule has 1 aromatic carbocycles. The molecule has 1 unspecified atom stereocenters. The maximum atomic E-state index is 10.7. The third kappa shape index (κ3) is 2.77. The van der Waals surface area contributed by atoms with Crippen LogP contribution in [0.15, 0.2) is 30.3 Å².